The quantitative estimate of drug-likeness (QED) is 0.865. The third kappa shape index (κ3) is 4.66. The number of benzene rings is 2. The highest BCUT2D eigenvalue weighted by Crippen LogP contribution is 2.25. The fraction of sp³-hybridized carbons (Fsp3) is 0.316. The van der Waals surface area contributed by atoms with Gasteiger partial charge in [0.05, 0.1) is 15.6 Å². The number of carbonyl (C=O) groups is 1. The van der Waals surface area contributed by atoms with Crippen molar-refractivity contribution in [2.45, 2.75) is 0 Å². The van der Waals surface area contributed by atoms with Gasteiger partial charge in [0.15, 0.2) is 0 Å². The molecule has 0 unspecified atom stereocenters. The molecule has 0 aromatic heterocycles. The van der Waals surface area contributed by atoms with Crippen LogP contribution in [0.1, 0.15) is 10.4 Å². The SMILES string of the molecule is O=C(NCCN1CCN(c2ccccc2)CC1)c1cccc(Cl)c1Cl. The first kappa shape index (κ1) is 18.1. The molecule has 2 aromatic carbocycles. The molecule has 1 saturated heterocycles. The zero-order valence-corrected chi connectivity index (χ0v) is 15.4. The Labute approximate surface area is 158 Å². The molecule has 1 aliphatic heterocycles. The van der Waals surface area contributed by atoms with E-state index in [9.17, 15) is 4.79 Å². The number of para-hydroxylation sites is 1. The van der Waals surface area contributed by atoms with Gasteiger partial charge in [0.25, 0.3) is 5.91 Å². The highest BCUT2D eigenvalue weighted by atomic mass is 35.5. The Balaban J connectivity index is 1.43. The van der Waals surface area contributed by atoms with Gasteiger partial charge in [-0.2, -0.15) is 0 Å². The Morgan fingerprint density at radius 1 is 0.960 bits per heavy atom. The molecule has 1 amide bonds. The summed E-state index contributed by atoms with van der Waals surface area (Å²) in [6.07, 6.45) is 0. The van der Waals surface area contributed by atoms with Gasteiger partial charge in [-0.1, -0.05) is 47.5 Å². The van der Waals surface area contributed by atoms with Crippen LogP contribution >= 0.6 is 23.2 Å². The van der Waals surface area contributed by atoms with E-state index >= 15 is 0 Å². The van der Waals surface area contributed by atoms with Crippen LogP contribution in [0, 0.1) is 0 Å². The predicted molar refractivity (Wildman–Crippen MR) is 104 cm³/mol. The van der Waals surface area contributed by atoms with Crippen molar-refractivity contribution in [1.29, 1.82) is 0 Å². The van der Waals surface area contributed by atoms with Crippen LogP contribution in [-0.2, 0) is 0 Å². The highest BCUT2D eigenvalue weighted by Gasteiger charge is 2.17. The Morgan fingerprint density at radius 2 is 1.68 bits per heavy atom. The summed E-state index contributed by atoms with van der Waals surface area (Å²) >= 11 is 12.0. The third-order valence-corrected chi connectivity index (χ3v) is 5.22. The number of piperazine rings is 1. The normalized spacial score (nSPS) is 15.2. The molecule has 4 nitrogen and oxygen atoms in total. The lowest BCUT2D eigenvalue weighted by molar-refractivity contribution is 0.0948. The highest BCUT2D eigenvalue weighted by molar-refractivity contribution is 6.43. The lowest BCUT2D eigenvalue weighted by Gasteiger charge is -2.36. The van der Waals surface area contributed by atoms with Crippen molar-refractivity contribution in [3.8, 4) is 0 Å². The molecule has 6 heteroatoms. The molecular weight excluding hydrogens is 357 g/mol. The van der Waals surface area contributed by atoms with Gasteiger partial charge in [-0.3, -0.25) is 9.69 Å². The monoisotopic (exact) mass is 377 g/mol. The van der Waals surface area contributed by atoms with Crippen molar-refractivity contribution >= 4 is 34.8 Å². The number of halogens is 2. The molecule has 0 saturated carbocycles. The van der Waals surface area contributed by atoms with Gasteiger partial charge in [-0.05, 0) is 24.3 Å². The van der Waals surface area contributed by atoms with Gasteiger partial charge >= 0.3 is 0 Å². The van der Waals surface area contributed by atoms with Crippen LogP contribution in [0.15, 0.2) is 48.5 Å². The predicted octanol–water partition coefficient (Wildman–Crippen LogP) is 3.55. The number of nitrogens with zero attached hydrogens (tertiary/aromatic N) is 2. The van der Waals surface area contributed by atoms with E-state index in [1.807, 2.05) is 6.07 Å². The molecule has 0 bridgehead atoms. The minimum absolute atomic E-state index is 0.185. The summed E-state index contributed by atoms with van der Waals surface area (Å²) in [5.41, 5.74) is 1.69. The zero-order valence-electron chi connectivity index (χ0n) is 13.9. The topological polar surface area (TPSA) is 35.6 Å². The molecule has 1 heterocycles. The second kappa shape index (κ2) is 8.56. The lowest BCUT2D eigenvalue weighted by atomic mass is 10.2. The number of carbonyl (C=O) groups excluding carboxylic acids is 1. The van der Waals surface area contributed by atoms with Crippen LogP contribution in [0.5, 0.6) is 0 Å². The maximum atomic E-state index is 12.2. The molecular formula is C19H21Cl2N3O. The molecule has 25 heavy (non-hydrogen) atoms. The Bertz CT molecular complexity index is 716. The van der Waals surface area contributed by atoms with Gasteiger partial charge < -0.3 is 10.2 Å². The minimum Gasteiger partial charge on any atom is -0.369 e. The third-order valence-electron chi connectivity index (χ3n) is 4.40. The number of hydrogen-bond donors (Lipinski definition) is 1. The van der Waals surface area contributed by atoms with E-state index in [0.717, 1.165) is 32.7 Å². The number of rotatable bonds is 5. The minimum atomic E-state index is -0.185. The lowest BCUT2D eigenvalue weighted by Crippen LogP contribution is -2.48. The average molecular weight is 378 g/mol. The molecule has 132 valence electrons. The zero-order chi connectivity index (χ0) is 17.6. The maximum absolute atomic E-state index is 12.2. The van der Waals surface area contributed by atoms with Crippen molar-refractivity contribution < 1.29 is 4.79 Å². The Hall–Kier alpha value is -1.75. The number of hydrogen-bond acceptors (Lipinski definition) is 3. The van der Waals surface area contributed by atoms with E-state index in [1.165, 1.54) is 5.69 Å². The summed E-state index contributed by atoms with van der Waals surface area (Å²) < 4.78 is 0. The van der Waals surface area contributed by atoms with Gasteiger partial charge in [-0.25, -0.2) is 0 Å². The second-order valence-corrected chi connectivity index (χ2v) is 6.81. The molecule has 1 N–H and O–H groups in total. The first-order valence-corrected chi connectivity index (χ1v) is 9.15. The number of amides is 1. The second-order valence-electron chi connectivity index (χ2n) is 6.02. The van der Waals surface area contributed by atoms with E-state index in [1.54, 1.807) is 18.2 Å². The van der Waals surface area contributed by atoms with E-state index in [4.69, 9.17) is 23.2 Å². The Morgan fingerprint density at radius 3 is 2.40 bits per heavy atom. The van der Waals surface area contributed by atoms with Crippen molar-refractivity contribution in [1.82, 2.24) is 10.2 Å². The fourth-order valence-corrected chi connectivity index (χ4v) is 3.36. The molecule has 0 spiro atoms. The van der Waals surface area contributed by atoms with Crippen LogP contribution < -0.4 is 10.2 Å². The summed E-state index contributed by atoms with van der Waals surface area (Å²) in [5, 5.41) is 3.62. The summed E-state index contributed by atoms with van der Waals surface area (Å²) in [6.45, 7) is 5.39. The van der Waals surface area contributed by atoms with Gasteiger partial charge in [-0.15, -0.1) is 0 Å². The molecule has 1 aliphatic rings. The Kier molecular flexibility index (Phi) is 6.19. The molecule has 3 rings (SSSR count). The standard InChI is InChI=1S/C19H21Cl2N3O/c20-17-8-4-7-16(18(17)21)19(25)22-9-10-23-11-13-24(14-12-23)15-5-2-1-3-6-15/h1-8H,9-14H2,(H,22,25). The van der Waals surface area contributed by atoms with Gasteiger partial charge in [0.2, 0.25) is 0 Å². The molecule has 1 fully saturated rings. The van der Waals surface area contributed by atoms with Gasteiger partial charge in [0.1, 0.15) is 0 Å². The van der Waals surface area contributed by atoms with E-state index in [0.29, 0.717) is 22.2 Å². The summed E-state index contributed by atoms with van der Waals surface area (Å²) in [7, 11) is 0. The molecule has 2 aromatic rings. The van der Waals surface area contributed by atoms with Crippen LogP contribution in [0.25, 0.3) is 0 Å². The average Bonchev–Trinajstić information content (AvgIpc) is 2.65. The van der Waals surface area contributed by atoms with Crippen LogP contribution in [0.3, 0.4) is 0 Å². The molecule has 0 atom stereocenters. The first-order chi connectivity index (χ1) is 12.1. The van der Waals surface area contributed by atoms with Crippen molar-refractivity contribution in [3.05, 3.63) is 64.1 Å². The smallest absolute Gasteiger partial charge is 0.252 e. The molecule has 0 aliphatic carbocycles. The van der Waals surface area contributed by atoms with Gasteiger partial charge in [0, 0.05) is 45.0 Å². The van der Waals surface area contributed by atoms with Crippen LogP contribution in [0.2, 0.25) is 10.0 Å². The number of nitrogens with one attached hydrogen (secondary N) is 1. The van der Waals surface area contributed by atoms with Crippen LogP contribution in [-0.4, -0.2) is 50.1 Å². The maximum Gasteiger partial charge on any atom is 0.252 e. The fourth-order valence-electron chi connectivity index (χ4n) is 2.97. The van der Waals surface area contributed by atoms with E-state index in [-0.39, 0.29) is 5.91 Å². The van der Waals surface area contributed by atoms with E-state index < -0.39 is 0 Å². The van der Waals surface area contributed by atoms with Crippen molar-refractivity contribution in [2.24, 2.45) is 0 Å². The summed E-state index contributed by atoms with van der Waals surface area (Å²) in [6, 6.07) is 15.5. The summed E-state index contributed by atoms with van der Waals surface area (Å²) in [4.78, 5) is 17.0. The van der Waals surface area contributed by atoms with E-state index in [2.05, 4.69) is 39.4 Å². The number of anilines is 1. The van der Waals surface area contributed by atoms with Crippen molar-refractivity contribution in [2.75, 3.05) is 44.2 Å². The summed E-state index contributed by atoms with van der Waals surface area (Å²) in [5.74, 6) is -0.185. The van der Waals surface area contributed by atoms with Crippen molar-refractivity contribution in [3.63, 3.8) is 0 Å². The first-order valence-electron chi connectivity index (χ1n) is 8.40. The largest absolute Gasteiger partial charge is 0.369 e. The van der Waals surface area contributed by atoms with Crippen LogP contribution in [0.4, 0.5) is 5.69 Å². The molecule has 0 radical (unpaired) electrons.